The first-order valence-electron chi connectivity index (χ1n) is 26.7. The maximum Gasteiger partial charge on any atom is 2.00 e. The molecule has 0 amide bonds. The van der Waals surface area contributed by atoms with E-state index in [1.165, 1.54) is 93.0 Å². The molecule has 24 nitrogen and oxygen atoms in total. The van der Waals surface area contributed by atoms with E-state index in [0.29, 0.717) is 0 Å². The molecule has 0 atom stereocenters. The van der Waals surface area contributed by atoms with Crippen molar-refractivity contribution >= 4 is 46.6 Å². The summed E-state index contributed by atoms with van der Waals surface area (Å²) in [6.07, 6.45) is 28.6. The van der Waals surface area contributed by atoms with Gasteiger partial charge < -0.3 is 83.0 Å². The molecule has 4 aromatic carbocycles. The number of nitrogens with zero attached hydrogens (tertiary/aromatic N) is 8. The third-order valence-electron chi connectivity index (χ3n) is 11.8. The number of rotatable bonds is 8. The fourth-order valence-electron chi connectivity index (χ4n) is 7.04. The van der Waals surface area contributed by atoms with Gasteiger partial charge in [-0.1, -0.05) is 24.3 Å². The van der Waals surface area contributed by atoms with Gasteiger partial charge in [0.25, 0.3) is 0 Å². The molecule has 0 aliphatic rings. The van der Waals surface area contributed by atoms with E-state index in [1.807, 2.05) is 97.1 Å². The van der Waals surface area contributed by atoms with Crippen LogP contribution < -0.4 is 43.4 Å². The zero-order valence-electron chi connectivity index (χ0n) is 49.8. The summed E-state index contributed by atoms with van der Waals surface area (Å²) >= 11 is 0. The van der Waals surface area contributed by atoms with Gasteiger partial charge in [0.15, 0.2) is 0 Å². The first kappa shape index (κ1) is 75.9. The number of pyridine rings is 8. The largest absolute Gasteiger partial charge is 2.00 e. The summed E-state index contributed by atoms with van der Waals surface area (Å²) in [5.74, 6) is -6.31. The molecule has 12 rings (SSSR count). The van der Waals surface area contributed by atoms with Crippen LogP contribution in [0, 0.1) is 0 Å². The number of carbonyl (C=O) groups excluding carboxylic acids is 4. The zero-order chi connectivity index (χ0) is 66.6. The maximum atomic E-state index is 10.2. The molecule has 0 bridgehead atoms. The molecular formula is C68H56N12O12Zn2. The van der Waals surface area contributed by atoms with Crippen molar-refractivity contribution in [3.8, 4) is 67.5 Å². The van der Waals surface area contributed by atoms with Crippen LogP contribution in [-0.4, -0.2) is 84.2 Å². The number of benzene rings is 4. The molecule has 12 N–H and O–H groups in total. The van der Waals surface area contributed by atoms with E-state index in [9.17, 15) is 39.6 Å². The van der Waals surface area contributed by atoms with Crippen molar-refractivity contribution < 1.29 is 99.0 Å². The van der Waals surface area contributed by atoms with Crippen LogP contribution in [-0.2, 0) is 39.0 Å². The molecule has 8 heterocycles. The van der Waals surface area contributed by atoms with Crippen LogP contribution >= 0.6 is 0 Å². The topological polar surface area (TPSA) is 449 Å². The number of anilines is 4. The Bertz CT molecular complexity index is 3520. The van der Waals surface area contributed by atoms with Crippen molar-refractivity contribution in [1.29, 1.82) is 0 Å². The van der Waals surface area contributed by atoms with Gasteiger partial charge in [-0.15, -0.1) is 0 Å². The third kappa shape index (κ3) is 26.7. The minimum atomic E-state index is -1.33. The fourth-order valence-corrected chi connectivity index (χ4v) is 7.04. The van der Waals surface area contributed by atoms with Crippen LogP contribution in [0.1, 0.15) is 41.4 Å². The Balaban J connectivity index is 0.000000279. The third-order valence-corrected chi connectivity index (χ3v) is 11.8. The number of aromatic nitrogens is 8. The molecule has 0 spiro atoms. The van der Waals surface area contributed by atoms with Gasteiger partial charge >= 0.3 is 39.0 Å². The minimum Gasteiger partial charge on any atom is -0.545 e. The normalized spacial score (nSPS) is 9.36. The van der Waals surface area contributed by atoms with Gasteiger partial charge in [-0.3, -0.25) is 39.9 Å². The monoisotopic (exact) mass is 1360 g/mol. The van der Waals surface area contributed by atoms with E-state index >= 15 is 0 Å². The Morgan fingerprint density at radius 1 is 0.234 bits per heavy atom. The van der Waals surface area contributed by atoms with Crippen molar-refractivity contribution in [1.82, 2.24) is 39.9 Å². The number of phenolic OH excluding ortho intramolecular Hbond substituents is 4. The molecule has 0 unspecified atom stereocenters. The van der Waals surface area contributed by atoms with Crippen LogP contribution in [0.3, 0.4) is 0 Å². The second-order valence-corrected chi connectivity index (χ2v) is 18.1. The van der Waals surface area contributed by atoms with Crippen molar-refractivity contribution in [3.63, 3.8) is 0 Å². The van der Waals surface area contributed by atoms with Crippen LogP contribution in [0.4, 0.5) is 22.7 Å². The van der Waals surface area contributed by atoms with Gasteiger partial charge in [-0.05, 0) is 190 Å². The summed E-state index contributed by atoms with van der Waals surface area (Å²) in [6.45, 7) is 0. The molecule has 0 aliphatic carbocycles. The van der Waals surface area contributed by atoms with Gasteiger partial charge in [0, 0.05) is 121 Å². The van der Waals surface area contributed by atoms with Gasteiger partial charge in [0.1, 0.15) is 23.0 Å². The minimum absolute atomic E-state index is 0. The molecule has 0 saturated heterocycles. The molecule has 0 aliphatic heterocycles. The number of carboxylic acids is 4. The van der Waals surface area contributed by atoms with Crippen molar-refractivity contribution in [2.75, 3.05) is 22.9 Å². The molecule has 26 heteroatoms. The number of aromatic hydroxyl groups is 4. The number of carboxylic acid groups (broad SMARTS) is 4. The Hall–Kier alpha value is -12.4. The van der Waals surface area contributed by atoms with Crippen LogP contribution in [0.15, 0.2) is 269 Å². The van der Waals surface area contributed by atoms with E-state index in [0.717, 1.165) is 24.3 Å². The molecule has 8 aromatic heterocycles. The van der Waals surface area contributed by atoms with Gasteiger partial charge in [0.2, 0.25) is 0 Å². The van der Waals surface area contributed by atoms with Crippen molar-refractivity contribution in [2.45, 2.75) is 0 Å². The van der Waals surface area contributed by atoms with Gasteiger partial charge in [-0.25, -0.2) is 0 Å². The number of aromatic carboxylic acids is 4. The number of hydrogen-bond donors (Lipinski definition) is 8. The zero-order valence-corrected chi connectivity index (χ0v) is 55.7. The summed E-state index contributed by atoms with van der Waals surface area (Å²) in [7, 11) is 0. The quantitative estimate of drug-likeness (QED) is 0.0497. The number of nitrogens with two attached hydrogens (primary N) is 4. The van der Waals surface area contributed by atoms with Crippen LogP contribution in [0.2, 0.25) is 0 Å². The Labute approximate surface area is 563 Å². The fraction of sp³-hybridized carbons (Fsp3) is 0. The average Bonchev–Trinajstić information content (AvgIpc) is 2.79. The van der Waals surface area contributed by atoms with E-state index < -0.39 is 23.9 Å². The molecule has 12 aromatic rings. The predicted molar refractivity (Wildman–Crippen MR) is 337 cm³/mol. The van der Waals surface area contributed by atoms with Crippen LogP contribution in [0.25, 0.3) is 44.5 Å². The predicted octanol–water partition coefficient (Wildman–Crippen LogP) is 5.92. The number of nitrogen functional groups attached to an aromatic ring is 4. The Morgan fingerprint density at radius 3 is 0.447 bits per heavy atom. The van der Waals surface area contributed by atoms with E-state index in [-0.39, 0.29) is 107 Å². The second kappa shape index (κ2) is 41.0. The summed E-state index contributed by atoms with van der Waals surface area (Å²) in [6, 6.07) is 46.2. The Morgan fingerprint density at radius 2 is 0.351 bits per heavy atom. The standard InChI is InChI=1S/4C10H8N2.4C7H7NO3.2Zn/c4*1-5-11-6-2-9(1)10-3-7-12-8-4-10;4*8-5-2-1-4(7(10)11)3-6(5)9;;/h4*1-8H;4*1-3,9H,8H2,(H,10,11);;/q;;;;;;;;2*+2/p-4. The molecule has 464 valence electrons. The first-order valence-corrected chi connectivity index (χ1v) is 26.7. The van der Waals surface area contributed by atoms with Gasteiger partial charge in [0.05, 0.1) is 46.6 Å². The van der Waals surface area contributed by atoms with Crippen molar-refractivity contribution in [3.05, 3.63) is 291 Å². The SMILES string of the molecule is Nc1ccc(C(=O)[O-])cc1O.Nc1ccc(C(=O)[O-])cc1O.Nc1ccc(C(=O)[O-])cc1O.Nc1ccc(C(=O)[O-])cc1O.[Zn+2].[Zn+2].c1cc(-c2ccncc2)ccn1.c1cc(-c2ccncc2)ccn1.c1cc(-c2ccncc2)ccn1.c1cc(-c2ccncc2)ccn1. The van der Waals surface area contributed by atoms with Crippen molar-refractivity contribution in [2.24, 2.45) is 0 Å². The van der Waals surface area contributed by atoms with E-state index in [2.05, 4.69) is 39.9 Å². The molecule has 0 fully saturated rings. The average molecular weight is 1360 g/mol. The second-order valence-electron chi connectivity index (χ2n) is 18.1. The smallest absolute Gasteiger partial charge is 0.545 e. The summed E-state index contributed by atoms with van der Waals surface area (Å²) in [5, 5.41) is 76.5. The Kier molecular flexibility index (Phi) is 33.1. The summed E-state index contributed by atoms with van der Waals surface area (Å²) < 4.78 is 0. The summed E-state index contributed by atoms with van der Waals surface area (Å²) in [4.78, 5) is 72.4. The summed E-state index contributed by atoms with van der Waals surface area (Å²) in [5.41, 5.74) is 30.5. The molecular weight excluding hydrogens is 1310 g/mol. The molecule has 0 saturated carbocycles. The van der Waals surface area contributed by atoms with Gasteiger partial charge in [-0.2, -0.15) is 0 Å². The number of hydrogen-bond acceptors (Lipinski definition) is 24. The number of carbonyl (C=O) groups is 4. The first-order chi connectivity index (χ1) is 44.3. The van der Waals surface area contributed by atoms with E-state index in [1.54, 1.807) is 99.1 Å². The maximum absolute atomic E-state index is 10.2. The van der Waals surface area contributed by atoms with Crippen LogP contribution in [0.5, 0.6) is 23.0 Å². The molecule has 0 radical (unpaired) electrons. The number of phenols is 4. The molecule has 94 heavy (non-hydrogen) atoms. The van der Waals surface area contributed by atoms with E-state index in [4.69, 9.17) is 43.4 Å².